The van der Waals surface area contributed by atoms with Gasteiger partial charge in [-0.3, -0.25) is 15.0 Å². The molecule has 6 N–H and O–H groups in total. The van der Waals surface area contributed by atoms with Gasteiger partial charge < -0.3 is 15.6 Å². The van der Waals surface area contributed by atoms with Crippen LogP contribution < -0.4 is 27.7 Å². The monoisotopic (exact) mass is 379 g/mol. The summed E-state index contributed by atoms with van der Waals surface area (Å²) >= 11 is 0. The van der Waals surface area contributed by atoms with E-state index < -0.39 is 11.3 Å². The molecule has 3 aromatic rings. The number of aryl methyl sites for hydroxylation is 1. The van der Waals surface area contributed by atoms with Crippen LogP contribution >= 0.6 is 0 Å². The summed E-state index contributed by atoms with van der Waals surface area (Å²) in [5.74, 6) is 5.33. The molecule has 28 heavy (non-hydrogen) atoms. The van der Waals surface area contributed by atoms with Crippen LogP contribution in [0.25, 0.3) is 11.0 Å². The summed E-state index contributed by atoms with van der Waals surface area (Å²) in [5, 5.41) is 3.40. The molecule has 9 heteroatoms. The number of aromatic nitrogens is 3. The van der Waals surface area contributed by atoms with Crippen LogP contribution in [-0.4, -0.2) is 26.5 Å². The number of nitrogens with one attached hydrogen (secondary N) is 2. The van der Waals surface area contributed by atoms with E-state index in [-0.39, 0.29) is 17.0 Å². The highest BCUT2D eigenvalue weighted by molar-refractivity contribution is 5.96. The van der Waals surface area contributed by atoms with E-state index in [2.05, 4.69) is 15.3 Å². The number of benzene rings is 1. The van der Waals surface area contributed by atoms with Crippen molar-refractivity contribution in [2.75, 3.05) is 5.32 Å². The first kappa shape index (κ1) is 18.1. The molecule has 2 heterocycles. The highest BCUT2D eigenvalue weighted by Gasteiger charge is 2.34. The summed E-state index contributed by atoms with van der Waals surface area (Å²) in [6.45, 7) is 2.42. The Morgan fingerprint density at radius 2 is 2.04 bits per heavy atom. The summed E-state index contributed by atoms with van der Waals surface area (Å²) in [5.41, 5.74) is 9.88. The molecule has 1 amide bonds. The van der Waals surface area contributed by atoms with E-state index in [1.807, 2.05) is 36.6 Å². The van der Waals surface area contributed by atoms with Crippen molar-refractivity contribution in [2.24, 2.45) is 11.6 Å². The predicted octanol–water partition coefficient (Wildman–Crippen LogP) is 0.973. The maximum atomic E-state index is 12.6. The molecule has 0 bridgehead atoms. The molecule has 1 aromatic carbocycles. The summed E-state index contributed by atoms with van der Waals surface area (Å²) < 4.78 is 1.71. The molecule has 0 radical (unpaired) electrons. The Kier molecular flexibility index (Phi) is 4.54. The van der Waals surface area contributed by atoms with E-state index in [0.29, 0.717) is 24.1 Å². The lowest BCUT2D eigenvalue weighted by Crippen LogP contribution is -2.34. The minimum atomic E-state index is -0.647. The Balaban J connectivity index is 1.67. The van der Waals surface area contributed by atoms with Crippen molar-refractivity contribution in [2.45, 2.75) is 31.8 Å². The largest absolute Gasteiger partial charge is 0.332 e. The first-order chi connectivity index (χ1) is 13.5. The highest BCUT2D eigenvalue weighted by Crippen LogP contribution is 2.39. The second-order valence-corrected chi connectivity index (χ2v) is 6.82. The van der Waals surface area contributed by atoms with Crippen molar-refractivity contribution < 1.29 is 4.79 Å². The smallest absolute Gasteiger partial charge is 0.270 e. The van der Waals surface area contributed by atoms with Crippen molar-refractivity contribution in [3.05, 3.63) is 58.0 Å². The lowest BCUT2D eigenvalue weighted by molar-refractivity contribution is 0.0952. The van der Waals surface area contributed by atoms with E-state index >= 15 is 0 Å². The molecule has 144 valence electrons. The molecule has 4 rings (SSSR count). The summed E-state index contributed by atoms with van der Waals surface area (Å²) in [6.07, 6.45) is 3.90. The maximum Gasteiger partial charge on any atom is 0.270 e. The number of rotatable bonds is 5. The van der Waals surface area contributed by atoms with Crippen molar-refractivity contribution in [3.8, 4) is 0 Å². The number of amides is 1. The maximum absolute atomic E-state index is 12.6. The zero-order valence-corrected chi connectivity index (χ0v) is 15.3. The number of fused-ring (bicyclic) bond motifs is 1. The average molecular weight is 379 g/mol. The standard InChI is InChI=1S/C19H21N7O2/c1-2-26-9-14(18(28)25-21)16(27)13-8-22-19(24-17(13)26)23-11-5-3-10(4-6-11)12-7-15(12)20/h3-6,8-9,12,15H,2,7,20-21H2,1H3,(H,25,28)(H,22,23,24)/t12-,15+/m0/s1. The van der Waals surface area contributed by atoms with E-state index in [9.17, 15) is 9.59 Å². The third kappa shape index (κ3) is 3.21. The van der Waals surface area contributed by atoms with Crippen LogP contribution in [0.5, 0.6) is 0 Å². The Bertz CT molecular complexity index is 1110. The fraction of sp³-hybridized carbons (Fsp3) is 0.263. The number of anilines is 2. The van der Waals surface area contributed by atoms with Crippen molar-refractivity contribution in [1.29, 1.82) is 0 Å². The van der Waals surface area contributed by atoms with Gasteiger partial charge >= 0.3 is 0 Å². The minimum absolute atomic E-state index is 0.0463. The summed E-state index contributed by atoms with van der Waals surface area (Å²) in [4.78, 5) is 33.1. The van der Waals surface area contributed by atoms with E-state index in [1.165, 1.54) is 18.0 Å². The van der Waals surface area contributed by atoms with Crippen molar-refractivity contribution in [3.63, 3.8) is 0 Å². The normalized spacial score (nSPS) is 18.1. The molecule has 1 saturated carbocycles. The van der Waals surface area contributed by atoms with Gasteiger partial charge in [0, 0.05) is 36.6 Å². The highest BCUT2D eigenvalue weighted by atomic mass is 16.2. The number of pyridine rings is 1. The molecular weight excluding hydrogens is 358 g/mol. The molecule has 0 aliphatic heterocycles. The van der Waals surface area contributed by atoms with Crippen LogP contribution in [0.4, 0.5) is 11.6 Å². The topological polar surface area (TPSA) is 141 Å². The Morgan fingerprint density at radius 1 is 1.32 bits per heavy atom. The molecule has 1 fully saturated rings. The third-order valence-corrected chi connectivity index (χ3v) is 4.97. The second kappa shape index (κ2) is 7.02. The Morgan fingerprint density at radius 3 is 2.64 bits per heavy atom. The van der Waals surface area contributed by atoms with Crippen LogP contribution in [0.15, 0.2) is 41.5 Å². The first-order valence-corrected chi connectivity index (χ1v) is 9.05. The number of hydrogen-bond acceptors (Lipinski definition) is 7. The van der Waals surface area contributed by atoms with Crippen LogP contribution in [0.1, 0.15) is 35.2 Å². The average Bonchev–Trinajstić information content (AvgIpc) is 3.45. The van der Waals surface area contributed by atoms with Gasteiger partial charge in [0.2, 0.25) is 11.4 Å². The molecule has 9 nitrogen and oxygen atoms in total. The quantitative estimate of drug-likeness (QED) is 0.294. The number of nitrogens with zero attached hydrogens (tertiary/aromatic N) is 3. The molecule has 0 saturated heterocycles. The number of hydrazine groups is 1. The summed E-state index contributed by atoms with van der Waals surface area (Å²) in [7, 11) is 0. The van der Waals surface area contributed by atoms with Gasteiger partial charge in [0.15, 0.2) is 0 Å². The van der Waals surface area contributed by atoms with Gasteiger partial charge in [-0.15, -0.1) is 0 Å². The van der Waals surface area contributed by atoms with Gasteiger partial charge in [0.1, 0.15) is 11.2 Å². The molecular formula is C19H21N7O2. The number of nitrogens with two attached hydrogens (primary N) is 2. The lowest BCUT2D eigenvalue weighted by Gasteiger charge is -2.12. The predicted molar refractivity (Wildman–Crippen MR) is 106 cm³/mol. The SMILES string of the molecule is CCn1cc(C(=O)NN)c(=O)c2cnc(Nc3ccc([C@@H]4C[C@H]4N)cc3)nc21. The number of carbonyl (C=O) groups excluding carboxylic acids is 1. The van der Waals surface area contributed by atoms with Crippen LogP contribution in [0, 0.1) is 0 Å². The van der Waals surface area contributed by atoms with E-state index in [0.717, 1.165) is 12.1 Å². The Labute approximate surface area is 160 Å². The fourth-order valence-corrected chi connectivity index (χ4v) is 3.25. The molecule has 1 aliphatic rings. The van der Waals surface area contributed by atoms with Crippen molar-refractivity contribution >= 4 is 28.6 Å². The number of carbonyl (C=O) groups is 1. The van der Waals surface area contributed by atoms with Crippen molar-refractivity contribution in [1.82, 2.24) is 20.0 Å². The molecule has 2 aromatic heterocycles. The zero-order chi connectivity index (χ0) is 19.8. The molecule has 0 spiro atoms. The van der Waals surface area contributed by atoms with Gasteiger partial charge in [-0.25, -0.2) is 10.8 Å². The zero-order valence-electron chi connectivity index (χ0n) is 15.3. The molecule has 1 aliphatic carbocycles. The van der Waals surface area contributed by atoms with Crippen LogP contribution in [-0.2, 0) is 6.54 Å². The molecule has 0 unspecified atom stereocenters. The lowest BCUT2D eigenvalue weighted by atomic mass is 10.1. The van der Waals surface area contributed by atoms with E-state index in [1.54, 1.807) is 4.57 Å². The van der Waals surface area contributed by atoms with Crippen LogP contribution in [0.2, 0.25) is 0 Å². The van der Waals surface area contributed by atoms with Gasteiger partial charge in [-0.2, -0.15) is 4.98 Å². The minimum Gasteiger partial charge on any atom is -0.332 e. The molecule has 2 atom stereocenters. The van der Waals surface area contributed by atoms with Gasteiger partial charge in [-0.05, 0) is 31.0 Å². The van der Waals surface area contributed by atoms with Gasteiger partial charge in [0.25, 0.3) is 5.91 Å². The van der Waals surface area contributed by atoms with Gasteiger partial charge in [-0.1, -0.05) is 12.1 Å². The van der Waals surface area contributed by atoms with Crippen LogP contribution in [0.3, 0.4) is 0 Å². The second-order valence-electron chi connectivity index (χ2n) is 6.82. The Hall–Kier alpha value is -3.30. The summed E-state index contributed by atoms with van der Waals surface area (Å²) in [6, 6.07) is 8.26. The van der Waals surface area contributed by atoms with E-state index in [4.69, 9.17) is 11.6 Å². The number of hydrogen-bond donors (Lipinski definition) is 4. The first-order valence-electron chi connectivity index (χ1n) is 9.05. The third-order valence-electron chi connectivity index (χ3n) is 4.97. The van der Waals surface area contributed by atoms with Gasteiger partial charge in [0.05, 0.1) is 5.39 Å². The number of nitrogen functional groups attached to an aromatic ring is 1. The fourth-order valence-electron chi connectivity index (χ4n) is 3.25.